The van der Waals surface area contributed by atoms with E-state index in [1.807, 2.05) is 0 Å². The van der Waals surface area contributed by atoms with Crippen LogP contribution >= 0.6 is 0 Å². The summed E-state index contributed by atoms with van der Waals surface area (Å²) in [5.41, 5.74) is 0. The summed E-state index contributed by atoms with van der Waals surface area (Å²) in [6, 6.07) is 0.466. The van der Waals surface area contributed by atoms with E-state index >= 15 is 0 Å². The molecule has 0 aromatic heterocycles. The molecule has 0 spiro atoms. The number of hydrogen-bond donors (Lipinski definition) is 1. The zero-order valence-electron chi connectivity index (χ0n) is 11.1. The Morgan fingerprint density at radius 1 is 1.22 bits per heavy atom. The van der Waals surface area contributed by atoms with Crippen LogP contribution in [0.4, 0.5) is 13.2 Å². The molecule has 1 fully saturated rings. The highest BCUT2D eigenvalue weighted by Crippen LogP contribution is 2.26. The fraction of sp³-hybridized carbons (Fsp3) is 1.00. The van der Waals surface area contributed by atoms with Crippen molar-refractivity contribution in [2.45, 2.75) is 57.7 Å². The molecule has 0 aliphatic heterocycles. The van der Waals surface area contributed by atoms with Crippen LogP contribution in [0, 0.1) is 5.92 Å². The van der Waals surface area contributed by atoms with Crippen molar-refractivity contribution in [1.29, 1.82) is 0 Å². The molecule has 0 aromatic carbocycles. The second kappa shape index (κ2) is 8.00. The number of nitrogens with one attached hydrogen (secondary N) is 1. The Balaban J connectivity index is 1.96. The van der Waals surface area contributed by atoms with Crippen LogP contribution in [0.1, 0.15) is 45.4 Å². The minimum Gasteiger partial charge on any atom is -0.372 e. The molecule has 0 unspecified atom stereocenters. The quantitative estimate of drug-likeness (QED) is 0.713. The van der Waals surface area contributed by atoms with Crippen molar-refractivity contribution >= 4 is 0 Å². The van der Waals surface area contributed by atoms with E-state index in [2.05, 4.69) is 17.0 Å². The van der Waals surface area contributed by atoms with Crippen molar-refractivity contribution in [3.05, 3.63) is 0 Å². The zero-order chi connectivity index (χ0) is 13.4. The Labute approximate surface area is 107 Å². The van der Waals surface area contributed by atoms with Gasteiger partial charge in [0.05, 0.1) is 0 Å². The summed E-state index contributed by atoms with van der Waals surface area (Å²) in [5.74, 6) is 0.731. The van der Waals surface area contributed by atoms with Gasteiger partial charge in [0, 0.05) is 12.6 Å². The molecule has 1 N–H and O–H groups in total. The third kappa shape index (κ3) is 7.21. The second-order valence-electron chi connectivity index (χ2n) is 5.16. The van der Waals surface area contributed by atoms with Gasteiger partial charge in [-0.1, -0.05) is 19.3 Å². The number of rotatable bonds is 7. The van der Waals surface area contributed by atoms with E-state index in [0.717, 1.165) is 12.5 Å². The number of hydrogen-bond acceptors (Lipinski definition) is 2. The predicted octanol–water partition coefficient (Wildman–Crippen LogP) is 3.51. The highest BCUT2D eigenvalue weighted by atomic mass is 19.4. The maximum Gasteiger partial charge on any atom is 0.411 e. The minimum atomic E-state index is -4.21. The van der Waals surface area contributed by atoms with Crippen molar-refractivity contribution in [2.24, 2.45) is 5.92 Å². The average molecular weight is 267 g/mol. The van der Waals surface area contributed by atoms with Crippen molar-refractivity contribution in [3.8, 4) is 0 Å². The Hall–Kier alpha value is -0.290. The van der Waals surface area contributed by atoms with Gasteiger partial charge in [-0.15, -0.1) is 0 Å². The molecule has 0 bridgehead atoms. The summed E-state index contributed by atoms with van der Waals surface area (Å²) in [6.45, 7) is 1.94. The lowest BCUT2D eigenvalue weighted by atomic mass is 9.84. The van der Waals surface area contributed by atoms with Crippen LogP contribution < -0.4 is 5.32 Å². The summed E-state index contributed by atoms with van der Waals surface area (Å²) in [6.07, 6.45) is 2.94. The molecular weight excluding hydrogens is 243 g/mol. The van der Waals surface area contributed by atoms with Crippen LogP contribution in [-0.2, 0) is 4.74 Å². The van der Waals surface area contributed by atoms with Crippen molar-refractivity contribution < 1.29 is 17.9 Å². The van der Waals surface area contributed by atoms with E-state index in [4.69, 9.17) is 0 Å². The van der Waals surface area contributed by atoms with E-state index in [0.29, 0.717) is 12.5 Å². The molecule has 2 nitrogen and oxygen atoms in total. The zero-order valence-corrected chi connectivity index (χ0v) is 11.1. The van der Waals surface area contributed by atoms with Gasteiger partial charge in [-0.2, -0.15) is 13.2 Å². The van der Waals surface area contributed by atoms with Crippen molar-refractivity contribution in [3.63, 3.8) is 0 Å². The third-order valence-corrected chi connectivity index (χ3v) is 3.55. The van der Waals surface area contributed by atoms with Crippen LogP contribution in [0.3, 0.4) is 0 Å². The largest absolute Gasteiger partial charge is 0.411 e. The first-order valence-corrected chi connectivity index (χ1v) is 6.87. The van der Waals surface area contributed by atoms with Gasteiger partial charge in [0.2, 0.25) is 0 Å². The molecule has 0 heterocycles. The summed E-state index contributed by atoms with van der Waals surface area (Å²) < 4.78 is 39.9. The second-order valence-corrected chi connectivity index (χ2v) is 5.16. The SMILES string of the molecule is C[C@@H](NCCCOCC(F)(F)F)C1CCCCC1. The lowest BCUT2D eigenvalue weighted by Gasteiger charge is -2.28. The molecule has 1 aliphatic rings. The molecule has 5 heteroatoms. The minimum absolute atomic E-state index is 0.171. The van der Waals surface area contributed by atoms with Crippen LogP contribution in [0.2, 0.25) is 0 Å². The Morgan fingerprint density at radius 3 is 2.50 bits per heavy atom. The normalized spacial score (nSPS) is 20.0. The highest BCUT2D eigenvalue weighted by Gasteiger charge is 2.27. The molecule has 0 amide bonds. The molecule has 18 heavy (non-hydrogen) atoms. The van der Waals surface area contributed by atoms with Crippen LogP contribution in [0.15, 0.2) is 0 Å². The first kappa shape index (κ1) is 15.8. The van der Waals surface area contributed by atoms with Crippen LogP contribution in [-0.4, -0.2) is 32.0 Å². The molecule has 0 radical (unpaired) electrons. The fourth-order valence-electron chi connectivity index (χ4n) is 2.49. The van der Waals surface area contributed by atoms with E-state index in [1.54, 1.807) is 0 Å². The molecule has 1 atom stereocenters. The molecule has 1 rings (SSSR count). The summed E-state index contributed by atoms with van der Waals surface area (Å²) >= 11 is 0. The van der Waals surface area contributed by atoms with Crippen molar-refractivity contribution in [2.75, 3.05) is 19.8 Å². The highest BCUT2D eigenvalue weighted by molar-refractivity contribution is 4.75. The molecule has 108 valence electrons. The van der Waals surface area contributed by atoms with Gasteiger partial charge in [0.15, 0.2) is 0 Å². The number of ether oxygens (including phenoxy) is 1. The summed E-state index contributed by atoms with van der Waals surface area (Å²) in [5, 5.41) is 3.39. The van der Waals surface area contributed by atoms with Crippen LogP contribution in [0.5, 0.6) is 0 Å². The summed E-state index contributed by atoms with van der Waals surface area (Å²) in [4.78, 5) is 0. The van der Waals surface area contributed by atoms with Crippen molar-refractivity contribution in [1.82, 2.24) is 5.32 Å². The number of alkyl halides is 3. The molecule has 0 aromatic rings. The van der Waals surface area contributed by atoms with Gasteiger partial charge in [0.25, 0.3) is 0 Å². The van der Waals surface area contributed by atoms with Gasteiger partial charge in [0.1, 0.15) is 6.61 Å². The lowest BCUT2D eigenvalue weighted by Crippen LogP contribution is -2.35. The standard InChI is InChI=1S/C13H24F3NO/c1-11(12-6-3-2-4-7-12)17-8-5-9-18-10-13(14,15)16/h11-12,17H,2-10H2,1H3/t11-/m1/s1. The Kier molecular flexibility index (Phi) is 7.00. The smallest absolute Gasteiger partial charge is 0.372 e. The average Bonchev–Trinajstić information content (AvgIpc) is 2.33. The Morgan fingerprint density at radius 2 is 1.89 bits per heavy atom. The van der Waals surface area contributed by atoms with Gasteiger partial charge < -0.3 is 10.1 Å². The van der Waals surface area contributed by atoms with Gasteiger partial charge in [-0.25, -0.2) is 0 Å². The van der Waals surface area contributed by atoms with E-state index < -0.39 is 12.8 Å². The van der Waals surface area contributed by atoms with E-state index in [9.17, 15) is 13.2 Å². The summed E-state index contributed by atoms with van der Waals surface area (Å²) in [7, 11) is 0. The molecule has 1 saturated carbocycles. The van der Waals surface area contributed by atoms with Gasteiger partial charge in [-0.3, -0.25) is 0 Å². The topological polar surface area (TPSA) is 21.3 Å². The number of halogens is 3. The maximum atomic E-state index is 11.8. The molecule has 0 saturated heterocycles. The molecule has 1 aliphatic carbocycles. The Bertz CT molecular complexity index is 215. The van der Waals surface area contributed by atoms with E-state index in [1.165, 1.54) is 32.1 Å². The fourth-order valence-corrected chi connectivity index (χ4v) is 2.49. The first-order valence-electron chi connectivity index (χ1n) is 6.87. The van der Waals surface area contributed by atoms with E-state index in [-0.39, 0.29) is 6.61 Å². The lowest BCUT2D eigenvalue weighted by molar-refractivity contribution is -0.173. The predicted molar refractivity (Wildman–Crippen MR) is 65.5 cm³/mol. The van der Waals surface area contributed by atoms with Gasteiger partial charge in [-0.05, 0) is 38.6 Å². The maximum absolute atomic E-state index is 11.8. The van der Waals surface area contributed by atoms with Gasteiger partial charge >= 0.3 is 6.18 Å². The first-order chi connectivity index (χ1) is 8.49. The monoisotopic (exact) mass is 267 g/mol. The third-order valence-electron chi connectivity index (χ3n) is 3.55. The van der Waals surface area contributed by atoms with Crippen LogP contribution in [0.25, 0.3) is 0 Å². The molecular formula is C13H24F3NO.